The Morgan fingerprint density at radius 2 is 1.69 bits per heavy atom. The van der Waals surface area contributed by atoms with Crippen LogP contribution in [-0.4, -0.2) is 59.6 Å². The van der Waals surface area contributed by atoms with Crippen LogP contribution in [0.2, 0.25) is 0 Å². The lowest BCUT2D eigenvalue weighted by molar-refractivity contribution is 0.0974. The van der Waals surface area contributed by atoms with Gasteiger partial charge >= 0.3 is 6.03 Å². The van der Waals surface area contributed by atoms with Crippen LogP contribution in [-0.2, 0) is 0 Å². The van der Waals surface area contributed by atoms with E-state index in [-0.39, 0.29) is 29.2 Å². The second-order valence-electron chi connectivity index (χ2n) is 9.33. The molecule has 0 aliphatic carbocycles. The van der Waals surface area contributed by atoms with Crippen molar-refractivity contribution in [2.75, 3.05) is 26.7 Å². The topological polar surface area (TPSA) is 47.6 Å². The molecule has 0 bridgehead atoms. The van der Waals surface area contributed by atoms with Crippen LogP contribution in [0.25, 0.3) is 0 Å². The lowest BCUT2D eigenvalue weighted by atomic mass is 9.79. The third kappa shape index (κ3) is 4.57. The van der Waals surface area contributed by atoms with E-state index in [4.69, 9.17) is 0 Å². The maximum absolute atomic E-state index is 13.2. The van der Waals surface area contributed by atoms with Crippen molar-refractivity contribution < 1.29 is 4.79 Å². The fourth-order valence-electron chi connectivity index (χ4n) is 4.80. The van der Waals surface area contributed by atoms with Gasteiger partial charge in [0.15, 0.2) is 0 Å². The number of rotatable bonds is 2. The molecule has 1 aromatic carbocycles. The second kappa shape index (κ2) is 7.20. The van der Waals surface area contributed by atoms with Crippen LogP contribution >= 0.6 is 0 Å². The van der Waals surface area contributed by atoms with Crippen molar-refractivity contribution in [1.29, 1.82) is 0 Å². The molecule has 0 radical (unpaired) electrons. The summed E-state index contributed by atoms with van der Waals surface area (Å²) in [6.07, 6.45) is 1.90. The number of amides is 2. The highest BCUT2D eigenvalue weighted by Crippen LogP contribution is 2.30. The zero-order valence-electron chi connectivity index (χ0n) is 16.9. The van der Waals surface area contributed by atoms with Crippen molar-refractivity contribution >= 4 is 6.03 Å². The highest BCUT2D eigenvalue weighted by Gasteiger charge is 2.39. The molecule has 2 heterocycles. The van der Waals surface area contributed by atoms with Crippen LogP contribution in [0.5, 0.6) is 0 Å². The van der Waals surface area contributed by atoms with Crippen molar-refractivity contribution in [2.45, 2.75) is 63.7 Å². The van der Waals surface area contributed by atoms with E-state index < -0.39 is 0 Å². The van der Waals surface area contributed by atoms with Gasteiger partial charge < -0.3 is 20.4 Å². The number of carbonyl (C=O) groups is 1. The van der Waals surface area contributed by atoms with Crippen LogP contribution in [0, 0.1) is 0 Å². The van der Waals surface area contributed by atoms with Crippen molar-refractivity contribution in [3.63, 3.8) is 0 Å². The summed E-state index contributed by atoms with van der Waals surface area (Å²) in [6.45, 7) is 11.4. The van der Waals surface area contributed by atoms with Crippen molar-refractivity contribution in [2.24, 2.45) is 0 Å². The predicted molar refractivity (Wildman–Crippen MR) is 106 cm³/mol. The number of benzene rings is 1. The highest BCUT2D eigenvalue weighted by molar-refractivity contribution is 5.75. The smallest absolute Gasteiger partial charge is 0.318 e. The first-order chi connectivity index (χ1) is 12.2. The molecule has 3 rings (SSSR count). The molecule has 0 spiro atoms. The molecule has 5 nitrogen and oxygen atoms in total. The molecule has 2 fully saturated rings. The van der Waals surface area contributed by atoms with Gasteiger partial charge in [0, 0.05) is 36.8 Å². The first kappa shape index (κ1) is 19.2. The Morgan fingerprint density at radius 3 is 2.31 bits per heavy atom. The number of likely N-dealkylation sites (N-methyl/N-ethyl adjacent to an activating group) is 1. The summed E-state index contributed by atoms with van der Waals surface area (Å²) in [6, 6.07) is 10.8. The molecule has 2 amide bonds. The van der Waals surface area contributed by atoms with E-state index in [9.17, 15) is 4.79 Å². The van der Waals surface area contributed by atoms with Gasteiger partial charge in [-0.3, -0.25) is 0 Å². The number of carbonyl (C=O) groups excluding carboxylic acids is 1. The molecule has 1 unspecified atom stereocenters. The molecule has 2 saturated heterocycles. The zero-order chi connectivity index (χ0) is 18.9. The molecule has 1 aromatic rings. The minimum Gasteiger partial charge on any atom is -0.335 e. The number of hydrogen-bond donors (Lipinski definition) is 2. The molecule has 2 aliphatic heterocycles. The maximum atomic E-state index is 13.2. The fourth-order valence-corrected chi connectivity index (χ4v) is 4.80. The standard InChI is InChI=1S/C21H34N4O/c1-20(2)13-17(14-21(3,4)23-20)22-19(26)25-12-11-24(5)15-18(25)16-9-7-6-8-10-16/h6-10,17-18,23H,11-15H2,1-5H3,(H,22,26). The Morgan fingerprint density at radius 1 is 1.08 bits per heavy atom. The third-order valence-corrected chi connectivity index (χ3v) is 5.55. The summed E-state index contributed by atoms with van der Waals surface area (Å²) in [5.74, 6) is 0. The van der Waals surface area contributed by atoms with E-state index in [1.54, 1.807) is 0 Å². The van der Waals surface area contributed by atoms with Gasteiger partial charge in [-0.2, -0.15) is 0 Å². The molecule has 0 saturated carbocycles. The molecule has 1 atom stereocenters. The number of hydrogen-bond acceptors (Lipinski definition) is 3. The molecule has 2 aliphatic rings. The second-order valence-corrected chi connectivity index (χ2v) is 9.33. The minimum absolute atomic E-state index is 0.0284. The first-order valence-electron chi connectivity index (χ1n) is 9.75. The van der Waals surface area contributed by atoms with E-state index in [1.807, 2.05) is 11.0 Å². The van der Waals surface area contributed by atoms with E-state index in [2.05, 4.69) is 74.5 Å². The molecule has 26 heavy (non-hydrogen) atoms. The van der Waals surface area contributed by atoms with Crippen molar-refractivity contribution in [3.05, 3.63) is 35.9 Å². The third-order valence-electron chi connectivity index (χ3n) is 5.55. The number of nitrogens with zero attached hydrogens (tertiary/aromatic N) is 2. The van der Waals surface area contributed by atoms with E-state index in [1.165, 1.54) is 5.56 Å². The molecule has 144 valence electrons. The largest absolute Gasteiger partial charge is 0.335 e. The van der Waals surface area contributed by atoms with Gasteiger partial charge in [0.05, 0.1) is 6.04 Å². The number of nitrogens with one attached hydrogen (secondary N) is 2. The van der Waals surface area contributed by atoms with Gasteiger partial charge in [-0.25, -0.2) is 4.79 Å². The molecular formula is C21H34N4O. The Bertz CT molecular complexity index is 612. The molecule has 5 heteroatoms. The van der Waals surface area contributed by atoms with Crippen LogP contribution in [0.1, 0.15) is 52.1 Å². The Labute approximate surface area is 158 Å². The number of urea groups is 1. The van der Waals surface area contributed by atoms with Gasteiger partial charge in [0.25, 0.3) is 0 Å². The average molecular weight is 359 g/mol. The monoisotopic (exact) mass is 358 g/mol. The maximum Gasteiger partial charge on any atom is 0.318 e. The summed E-state index contributed by atoms with van der Waals surface area (Å²) in [5, 5.41) is 7.03. The summed E-state index contributed by atoms with van der Waals surface area (Å²) < 4.78 is 0. The zero-order valence-corrected chi connectivity index (χ0v) is 16.9. The fraction of sp³-hybridized carbons (Fsp3) is 0.667. The predicted octanol–water partition coefficient (Wildman–Crippen LogP) is 2.99. The Kier molecular flexibility index (Phi) is 5.31. The Balaban J connectivity index is 1.73. The van der Waals surface area contributed by atoms with Gasteiger partial charge in [-0.15, -0.1) is 0 Å². The number of piperidine rings is 1. The molecular weight excluding hydrogens is 324 g/mol. The normalized spacial score (nSPS) is 26.5. The van der Waals surface area contributed by atoms with E-state index in [0.29, 0.717) is 0 Å². The molecule has 0 aromatic heterocycles. The summed E-state index contributed by atoms with van der Waals surface area (Å²) >= 11 is 0. The minimum atomic E-state index is 0.0284. The van der Waals surface area contributed by atoms with E-state index >= 15 is 0 Å². The van der Waals surface area contributed by atoms with Crippen LogP contribution in [0.3, 0.4) is 0 Å². The van der Waals surface area contributed by atoms with Crippen molar-refractivity contribution in [1.82, 2.24) is 20.4 Å². The average Bonchev–Trinajstić information content (AvgIpc) is 2.52. The molecule has 2 N–H and O–H groups in total. The lowest BCUT2D eigenvalue weighted by Gasteiger charge is -2.47. The van der Waals surface area contributed by atoms with Gasteiger partial charge in [0.2, 0.25) is 0 Å². The van der Waals surface area contributed by atoms with Gasteiger partial charge in [-0.1, -0.05) is 30.3 Å². The van der Waals surface area contributed by atoms with Crippen LogP contribution in [0.15, 0.2) is 30.3 Å². The van der Waals surface area contributed by atoms with Crippen molar-refractivity contribution in [3.8, 4) is 0 Å². The summed E-state index contributed by atoms with van der Waals surface area (Å²) in [4.78, 5) is 17.5. The quantitative estimate of drug-likeness (QED) is 0.854. The highest BCUT2D eigenvalue weighted by atomic mass is 16.2. The lowest BCUT2D eigenvalue weighted by Crippen LogP contribution is -2.63. The van der Waals surface area contributed by atoms with Crippen LogP contribution in [0.4, 0.5) is 4.79 Å². The summed E-state index contributed by atoms with van der Waals surface area (Å²) in [7, 11) is 2.13. The number of piperazine rings is 1. The van der Waals surface area contributed by atoms with Gasteiger partial charge in [0.1, 0.15) is 0 Å². The van der Waals surface area contributed by atoms with E-state index in [0.717, 1.165) is 32.5 Å². The van der Waals surface area contributed by atoms with Crippen LogP contribution < -0.4 is 10.6 Å². The SMILES string of the molecule is CN1CCN(C(=O)NC2CC(C)(C)NC(C)(C)C2)C(c2ccccc2)C1. The van der Waals surface area contributed by atoms with Gasteiger partial charge in [-0.05, 0) is 53.1 Å². The summed E-state index contributed by atoms with van der Waals surface area (Å²) in [5.41, 5.74) is 1.27. The first-order valence-corrected chi connectivity index (χ1v) is 9.75. The Hall–Kier alpha value is -1.59.